The van der Waals surface area contributed by atoms with Crippen molar-refractivity contribution in [3.05, 3.63) is 71.2 Å². The zero-order chi connectivity index (χ0) is 27.8. The standard InChI is InChI=1S/C29H28N6O4S/c1-16-14-18(39-17-6-3-2-4-7-17)10-11-21(16)35-22-12-13-31-28-24(22)25(34-29(35)38)26(40-28)27(37)33-20-9-5-8-19(20)32-23(36)15-30/h2-4,6-7,10-14,19-20H,5,8-9,15,30H2,1H3,(H,32,36)(H,33,37)(H,34,38)/t19-,20+/m1/s1. The van der Waals surface area contributed by atoms with Crippen LogP contribution in [0, 0.1) is 6.92 Å². The van der Waals surface area contributed by atoms with E-state index >= 15 is 0 Å². The number of rotatable bonds is 7. The van der Waals surface area contributed by atoms with Gasteiger partial charge in [0.05, 0.1) is 29.0 Å². The average Bonchev–Trinajstić information content (AvgIpc) is 3.55. The lowest BCUT2D eigenvalue weighted by Crippen LogP contribution is -2.49. The number of hydrogen-bond acceptors (Lipinski definition) is 7. The summed E-state index contributed by atoms with van der Waals surface area (Å²) in [6.07, 6.45) is 4.03. The molecule has 0 spiro atoms. The number of ether oxygens (including phenoxy) is 1. The first kappa shape index (κ1) is 25.8. The Bertz CT molecular complexity index is 1620. The molecule has 2 atom stereocenters. The van der Waals surface area contributed by atoms with Crippen LogP contribution in [0.25, 0.3) is 10.2 Å². The van der Waals surface area contributed by atoms with Crippen LogP contribution in [0.15, 0.2) is 60.8 Å². The van der Waals surface area contributed by atoms with E-state index in [1.54, 1.807) is 17.2 Å². The fourth-order valence-electron chi connectivity index (χ4n) is 5.36. The summed E-state index contributed by atoms with van der Waals surface area (Å²) in [7, 11) is 0. The third-order valence-corrected chi connectivity index (χ3v) is 8.30. The average molecular weight is 557 g/mol. The van der Waals surface area contributed by atoms with Crippen molar-refractivity contribution in [2.24, 2.45) is 5.73 Å². The van der Waals surface area contributed by atoms with Crippen molar-refractivity contribution >= 4 is 56.5 Å². The third-order valence-electron chi connectivity index (χ3n) is 7.20. The summed E-state index contributed by atoms with van der Waals surface area (Å²) in [4.78, 5) is 45.9. The van der Waals surface area contributed by atoms with Crippen molar-refractivity contribution in [1.82, 2.24) is 15.6 Å². The van der Waals surface area contributed by atoms with Gasteiger partial charge in [0.1, 0.15) is 21.2 Å². The van der Waals surface area contributed by atoms with Crippen LogP contribution in [0.1, 0.15) is 34.5 Å². The molecule has 0 saturated heterocycles. The van der Waals surface area contributed by atoms with Gasteiger partial charge in [-0.05, 0) is 68.1 Å². The van der Waals surface area contributed by atoms with Gasteiger partial charge in [-0.25, -0.2) is 9.78 Å². The fourth-order valence-corrected chi connectivity index (χ4v) is 6.38. The summed E-state index contributed by atoms with van der Waals surface area (Å²) < 4.78 is 5.96. The molecule has 2 aromatic carbocycles. The van der Waals surface area contributed by atoms with Gasteiger partial charge in [-0.2, -0.15) is 0 Å². The van der Waals surface area contributed by atoms with E-state index < -0.39 is 0 Å². The van der Waals surface area contributed by atoms with Crippen molar-refractivity contribution < 1.29 is 19.1 Å². The molecule has 10 nitrogen and oxygen atoms in total. The van der Waals surface area contributed by atoms with Crippen LogP contribution in [0.2, 0.25) is 0 Å². The Balaban J connectivity index is 1.30. The van der Waals surface area contributed by atoms with E-state index in [1.807, 2.05) is 55.5 Å². The Kier molecular flexibility index (Phi) is 6.82. The zero-order valence-corrected chi connectivity index (χ0v) is 22.6. The molecule has 5 N–H and O–H groups in total. The highest BCUT2D eigenvalue weighted by Gasteiger charge is 2.35. The van der Waals surface area contributed by atoms with Gasteiger partial charge < -0.3 is 26.4 Å². The van der Waals surface area contributed by atoms with E-state index in [4.69, 9.17) is 10.5 Å². The van der Waals surface area contributed by atoms with Crippen molar-refractivity contribution in [3.8, 4) is 11.5 Å². The summed E-state index contributed by atoms with van der Waals surface area (Å²) in [5, 5.41) is 9.60. The first-order valence-electron chi connectivity index (χ1n) is 13.1. The number of carbonyl (C=O) groups is 3. The van der Waals surface area contributed by atoms with E-state index in [-0.39, 0.29) is 36.5 Å². The lowest BCUT2D eigenvalue weighted by molar-refractivity contribution is -0.120. The highest BCUT2D eigenvalue weighted by Crippen LogP contribution is 2.46. The van der Waals surface area contributed by atoms with Gasteiger partial charge in [0.25, 0.3) is 5.91 Å². The predicted octanol–water partition coefficient (Wildman–Crippen LogP) is 4.81. The number of thiophene rings is 1. The summed E-state index contributed by atoms with van der Waals surface area (Å²) >= 11 is 1.23. The minimum absolute atomic E-state index is 0.100. The van der Waals surface area contributed by atoms with Crippen LogP contribution in [-0.2, 0) is 4.79 Å². The molecule has 40 heavy (non-hydrogen) atoms. The highest BCUT2D eigenvalue weighted by atomic mass is 32.1. The molecule has 2 aromatic heterocycles. The van der Waals surface area contributed by atoms with Gasteiger partial charge >= 0.3 is 6.03 Å². The second-order valence-corrected chi connectivity index (χ2v) is 10.8. The molecule has 6 rings (SSSR count). The van der Waals surface area contributed by atoms with Crippen LogP contribution < -0.4 is 31.3 Å². The molecule has 1 aliphatic heterocycles. The van der Waals surface area contributed by atoms with Gasteiger partial charge in [0.2, 0.25) is 5.91 Å². The first-order valence-corrected chi connectivity index (χ1v) is 13.9. The quantitative estimate of drug-likeness (QED) is 0.258. The minimum atomic E-state index is -0.374. The van der Waals surface area contributed by atoms with Gasteiger partial charge in [-0.1, -0.05) is 18.2 Å². The fraction of sp³-hybridized carbons (Fsp3) is 0.241. The number of carbonyl (C=O) groups excluding carboxylic acids is 3. The van der Waals surface area contributed by atoms with Crippen molar-refractivity contribution in [2.75, 3.05) is 16.8 Å². The van der Waals surface area contributed by atoms with Gasteiger partial charge in [-0.15, -0.1) is 11.3 Å². The van der Waals surface area contributed by atoms with Crippen molar-refractivity contribution in [1.29, 1.82) is 0 Å². The molecular formula is C29H28N6O4S. The van der Waals surface area contributed by atoms with E-state index in [0.717, 1.165) is 30.6 Å². The number of aromatic nitrogens is 1. The number of benzene rings is 2. The summed E-state index contributed by atoms with van der Waals surface area (Å²) in [6.45, 7) is 1.82. The largest absolute Gasteiger partial charge is 0.457 e. The molecular weight excluding hydrogens is 528 g/mol. The molecule has 0 radical (unpaired) electrons. The Hall–Kier alpha value is -4.48. The SMILES string of the molecule is Cc1cc(Oc2ccccc2)ccc1N1C(=O)Nc2c(C(=O)N[C@H]3CCC[C@H]3NC(=O)CN)sc3nccc1c23. The van der Waals surface area contributed by atoms with Crippen LogP contribution in [0.5, 0.6) is 11.5 Å². The smallest absolute Gasteiger partial charge is 0.331 e. The number of aryl methyl sites for hydroxylation is 1. The topological polar surface area (TPSA) is 139 Å². The molecule has 0 bridgehead atoms. The Labute approximate surface area is 234 Å². The number of urea groups is 1. The predicted molar refractivity (Wildman–Crippen MR) is 155 cm³/mol. The van der Waals surface area contributed by atoms with Crippen LogP contribution in [0.4, 0.5) is 21.9 Å². The molecule has 204 valence electrons. The molecule has 1 aliphatic carbocycles. The molecule has 11 heteroatoms. The molecule has 3 heterocycles. The maximum absolute atomic E-state index is 13.5. The summed E-state index contributed by atoms with van der Waals surface area (Å²) in [6, 6.07) is 16.1. The highest BCUT2D eigenvalue weighted by molar-refractivity contribution is 7.21. The first-order chi connectivity index (χ1) is 19.4. The maximum atomic E-state index is 13.5. The monoisotopic (exact) mass is 556 g/mol. The molecule has 0 unspecified atom stereocenters. The minimum Gasteiger partial charge on any atom is -0.457 e. The van der Waals surface area contributed by atoms with E-state index in [9.17, 15) is 14.4 Å². The summed E-state index contributed by atoms with van der Waals surface area (Å²) in [5.41, 5.74) is 8.08. The number of nitrogens with one attached hydrogen (secondary N) is 3. The lowest BCUT2D eigenvalue weighted by atomic mass is 10.1. The number of nitrogens with zero attached hydrogens (tertiary/aromatic N) is 2. The van der Waals surface area contributed by atoms with E-state index in [0.29, 0.717) is 37.9 Å². The van der Waals surface area contributed by atoms with Crippen molar-refractivity contribution in [2.45, 2.75) is 38.3 Å². The molecule has 4 amide bonds. The molecule has 2 aliphatic rings. The van der Waals surface area contributed by atoms with Crippen molar-refractivity contribution in [3.63, 3.8) is 0 Å². The second kappa shape index (κ2) is 10.6. The van der Waals surface area contributed by atoms with Gasteiger partial charge in [0, 0.05) is 18.3 Å². The Morgan fingerprint density at radius 1 is 1.07 bits per heavy atom. The van der Waals surface area contributed by atoms with E-state index in [1.165, 1.54) is 11.3 Å². The van der Waals surface area contributed by atoms with Gasteiger partial charge in [-0.3, -0.25) is 14.5 Å². The van der Waals surface area contributed by atoms with Crippen LogP contribution >= 0.6 is 11.3 Å². The van der Waals surface area contributed by atoms with Crippen LogP contribution in [-0.4, -0.2) is 41.5 Å². The molecule has 1 saturated carbocycles. The number of anilines is 3. The van der Waals surface area contributed by atoms with Crippen LogP contribution in [0.3, 0.4) is 0 Å². The third kappa shape index (κ3) is 4.74. The lowest BCUT2D eigenvalue weighted by Gasteiger charge is -2.29. The number of hydrogen-bond donors (Lipinski definition) is 4. The molecule has 1 fully saturated rings. The Morgan fingerprint density at radius 3 is 2.60 bits per heavy atom. The second-order valence-electron chi connectivity index (χ2n) is 9.83. The number of pyridine rings is 1. The molecule has 4 aromatic rings. The zero-order valence-electron chi connectivity index (χ0n) is 21.8. The normalized spacial score (nSPS) is 17.9. The number of para-hydroxylation sites is 1. The summed E-state index contributed by atoms with van der Waals surface area (Å²) in [5.74, 6) is 0.822. The number of nitrogens with two attached hydrogens (primary N) is 1. The Morgan fingerprint density at radius 2 is 1.85 bits per heavy atom. The van der Waals surface area contributed by atoms with E-state index in [2.05, 4.69) is 20.9 Å². The number of amides is 4. The van der Waals surface area contributed by atoms with Gasteiger partial charge in [0.15, 0.2) is 0 Å². The maximum Gasteiger partial charge on any atom is 0.331 e.